The molecule has 80 valence electrons. The molecular formula is C9H15NO4. The van der Waals surface area contributed by atoms with Crippen molar-refractivity contribution in [1.29, 1.82) is 0 Å². The summed E-state index contributed by atoms with van der Waals surface area (Å²) in [7, 11) is 3.13. The van der Waals surface area contributed by atoms with Crippen LogP contribution in [0.2, 0.25) is 0 Å². The predicted octanol–water partition coefficient (Wildman–Crippen LogP) is -0.551. The van der Waals surface area contributed by atoms with Gasteiger partial charge in [0.1, 0.15) is 0 Å². The Morgan fingerprint density at radius 3 is 2.57 bits per heavy atom. The van der Waals surface area contributed by atoms with Crippen LogP contribution in [0.25, 0.3) is 0 Å². The highest BCUT2D eigenvalue weighted by Gasteiger charge is 2.30. The molecule has 0 N–H and O–H groups in total. The number of ketones is 1. The smallest absolute Gasteiger partial charge is 0.290 e. The van der Waals surface area contributed by atoms with Gasteiger partial charge in [-0.3, -0.25) is 9.59 Å². The van der Waals surface area contributed by atoms with Crippen LogP contribution in [-0.4, -0.2) is 56.6 Å². The average Bonchev–Trinajstić information content (AvgIpc) is 2.49. The van der Waals surface area contributed by atoms with Crippen LogP contribution in [0.15, 0.2) is 0 Å². The highest BCUT2D eigenvalue weighted by atomic mass is 16.5. The first-order valence-corrected chi connectivity index (χ1v) is 4.53. The molecular weight excluding hydrogens is 186 g/mol. The minimum absolute atomic E-state index is 0.158. The first kappa shape index (κ1) is 11.1. The molecule has 0 radical (unpaired) electrons. The van der Waals surface area contributed by atoms with Crippen molar-refractivity contribution >= 4 is 11.7 Å². The summed E-state index contributed by atoms with van der Waals surface area (Å²) in [6.45, 7) is 1.35. The summed E-state index contributed by atoms with van der Waals surface area (Å²) < 4.78 is 10.0. The van der Waals surface area contributed by atoms with E-state index in [2.05, 4.69) is 0 Å². The Balaban J connectivity index is 2.43. The van der Waals surface area contributed by atoms with Gasteiger partial charge < -0.3 is 14.4 Å². The molecule has 0 aromatic rings. The molecule has 1 unspecified atom stereocenters. The maximum Gasteiger partial charge on any atom is 0.290 e. The summed E-state index contributed by atoms with van der Waals surface area (Å²) >= 11 is 0. The fourth-order valence-corrected chi connectivity index (χ4v) is 1.42. The van der Waals surface area contributed by atoms with Crippen molar-refractivity contribution in [2.75, 3.05) is 33.9 Å². The van der Waals surface area contributed by atoms with Gasteiger partial charge in [-0.2, -0.15) is 0 Å². The van der Waals surface area contributed by atoms with E-state index in [0.29, 0.717) is 26.1 Å². The van der Waals surface area contributed by atoms with Crippen molar-refractivity contribution in [2.45, 2.75) is 12.5 Å². The average molecular weight is 201 g/mol. The number of methoxy groups -OCH3 is 2. The van der Waals surface area contributed by atoms with Crippen LogP contribution in [-0.2, 0) is 19.1 Å². The number of ether oxygens (including phenoxy) is 2. The quantitative estimate of drug-likeness (QED) is 0.560. The second-order valence-electron chi connectivity index (χ2n) is 3.24. The molecule has 0 spiro atoms. The molecule has 1 saturated heterocycles. The number of likely N-dealkylation sites (tertiary alicyclic amines) is 1. The summed E-state index contributed by atoms with van der Waals surface area (Å²) in [5.74, 6) is -0.708. The Bertz CT molecular complexity index is 229. The number of rotatable bonds is 5. The van der Waals surface area contributed by atoms with Crippen LogP contribution >= 0.6 is 0 Å². The molecule has 5 heteroatoms. The molecule has 1 fully saturated rings. The summed E-state index contributed by atoms with van der Waals surface area (Å²) in [5, 5.41) is 0. The number of hydrogen-bond donors (Lipinski definition) is 0. The van der Waals surface area contributed by atoms with Gasteiger partial charge in [-0.05, 0) is 0 Å². The SMILES string of the molecule is COCC(CN1CCC(=O)C1=O)OC. The molecule has 0 bridgehead atoms. The van der Waals surface area contributed by atoms with Gasteiger partial charge in [-0.15, -0.1) is 0 Å². The van der Waals surface area contributed by atoms with E-state index in [1.165, 1.54) is 4.90 Å². The molecule has 0 aliphatic carbocycles. The molecule has 5 nitrogen and oxygen atoms in total. The molecule has 1 aliphatic heterocycles. The van der Waals surface area contributed by atoms with Gasteiger partial charge in [0.05, 0.1) is 12.7 Å². The Labute approximate surface area is 83.0 Å². The predicted molar refractivity (Wildman–Crippen MR) is 48.9 cm³/mol. The Kier molecular flexibility index (Phi) is 4.03. The van der Waals surface area contributed by atoms with Crippen LogP contribution in [0, 0.1) is 0 Å². The molecule has 0 aromatic heterocycles. The normalized spacial score (nSPS) is 19.1. The zero-order chi connectivity index (χ0) is 10.6. The van der Waals surface area contributed by atoms with Crippen LogP contribution in [0.1, 0.15) is 6.42 Å². The third-order valence-electron chi connectivity index (χ3n) is 2.24. The Morgan fingerprint density at radius 1 is 1.43 bits per heavy atom. The highest BCUT2D eigenvalue weighted by Crippen LogP contribution is 2.08. The molecule has 1 aliphatic rings. The maximum atomic E-state index is 11.2. The minimum atomic E-state index is -0.400. The fraction of sp³-hybridized carbons (Fsp3) is 0.778. The third-order valence-corrected chi connectivity index (χ3v) is 2.24. The summed E-state index contributed by atoms with van der Waals surface area (Å²) in [4.78, 5) is 23.7. The second kappa shape index (κ2) is 5.07. The van der Waals surface area contributed by atoms with E-state index in [1.54, 1.807) is 14.2 Å². The highest BCUT2D eigenvalue weighted by molar-refractivity contribution is 6.37. The third kappa shape index (κ3) is 2.52. The van der Waals surface area contributed by atoms with Crippen LogP contribution in [0.4, 0.5) is 0 Å². The van der Waals surface area contributed by atoms with Gasteiger partial charge in [0, 0.05) is 33.7 Å². The number of nitrogens with zero attached hydrogens (tertiary/aromatic N) is 1. The van der Waals surface area contributed by atoms with Gasteiger partial charge in [0.2, 0.25) is 5.78 Å². The van der Waals surface area contributed by atoms with Crippen molar-refractivity contribution < 1.29 is 19.1 Å². The van der Waals surface area contributed by atoms with E-state index in [4.69, 9.17) is 9.47 Å². The molecule has 1 rings (SSSR count). The monoisotopic (exact) mass is 201 g/mol. The van der Waals surface area contributed by atoms with Crippen molar-refractivity contribution in [3.8, 4) is 0 Å². The molecule has 0 aromatic carbocycles. The lowest BCUT2D eigenvalue weighted by atomic mass is 10.3. The molecule has 1 heterocycles. The van der Waals surface area contributed by atoms with Gasteiger partial charge in [-0.1, -0.05) is 0 Å². The number of Topliss-reactive ketones (excluding diaryl/α,β-unsaturated/α-hetero) is 1. The summed E-state index contributed by atoms with van der Waals surface area (Å²) in [6, 6.07) is 0. The van der Waals surface area contributed by atoms with E-state index < -0.39 is 5.91 Å². The van der Waals surface area contributed by atoms with Gasteiger partial charge in [0.15, 0.2) is 0 Å². The largest absolute Gasteiger partial charge is 0.382 e. The molecule has 14 heavy (non-hydrogen) atoms. The maximum absolute atomic E-state index is 11.2. The van der Waals surface area contributed by atoms with Gasteiger partial charge in [0.25, 0.3) is 5.91 Å². The molecule has 1 atom stereocenters. The fourth-order valence-electron chi connectivity index (χ4n) is 1.42. The van der Waals surface area contributed by atoms with Crippen molar-refractivity contribution in [2.24, 2.45) is 0 Å². The van der Waals surface area contributed by atoms with Crippen molar-refractivity contribution in [3.63, 3.8) is 0 Å². The van der Waals surface area contributed by atoms with Crippen LogP contribution < -0.4 is 0 Å². The second-order valence-corrected chi connectivity index (χ2v) is 3.24. The zero-order valence-electron chi connectivity index (χ0n) is 8.49. The first-order chi connectivity index (χ1) is 6.69. The summed E-state index contributed by atoms with van der Waals surface area (Å²) in [6.07, 6.45) is 0.164. The number of hydrogen-bond acceptors (Lipinski definition) is 4. The van der Waals surface area contributed by atoms with E-state index in [1.807, 2.05) is 0 Å². The van der Waals surface area contributed by atoms with Crippen molar-refractivity contribution in [1.82, 2.24) is 4.90 Å². The molecule has 0 saturated carbocycles. The lowest BCUT2D eigenvalue weighted by molar-refractivity contribution is -0.141. The van der Waals surface area contributed by atoms with E-state index >= 15 is 0 Å². The Hall–Kier alpha value is -0.940. The minimum Gasteiger partial charge on any atom is -0.382 e. The number of carbonyl (C=O) groups excluding carboxylic acids is 2. The lowest BCUT2D eigenvalue weighted by Crippen LogP contribution is -2.37. The number of carbonyl (C=O) groups is 2. The van der Waals surface area contributed by atoms with Crippen molar-refractivity contribution in [3.05, 3.63) is 0 Å². The zero-order valence-corrected chi connectivity index (χ0v) is 8.49. The van der Waals surface area contributed by atoms with Gasteiger partial charge >= 0.3 is 0 Å². The first-order valence-electron chi connectivity index (χ1n) is 4.53. The van der Waals surface area contributed by atoms with E-state index in [0.717, 1.165) is 0 Å². The Morgan fingerprint density at radius 2 is 2.14 bits per heavy atom. The topological polar surface area (TPSA) is 55.8 Å². The number of amides is 1. The van der Waals surface area contributed by atoms with E-state index in [-0.39, 0.29) is 11.9 Å². The van der Waals surface area contributed by atoms with E-state index in [9.17, 15) is 9.59 Å². The van der Waals surface area contributed by atoms with Crippen LogP contribution in [0.3, 0.4) is 0 Å². The standard InChI is InChI=1S/C9H15NO4/c1-13-6-7(14-2)5-10-4-3-8(11)9(10)12/h7H,3-6H2,1-2H3. The molecule has 1 amide bonds. The van der Waals surface area contributed by atoms with Gasteiger partial charge in [-0.25, -0.2) is 0 Å². The lowest BCUT2D eigenvalue weighted by Gasteiger charge is -2.21. The van der Waals surface area contributed by atoms with Crippen LogP contribution in [0.5, 0.6) is 0 Å². The summed E-state index contributed by atoms with van der Waals surface area (Å²) in [5.41, 5.74) is 0.